The second-order valence-electron chi connectivity index (χ2n) is 14.0. The lowest BCUT2D eigenvalue weighted by atomic mass is 9.90. The molecular formula is C40H42FN3O5S. The first kappa shape index (κ1) is 33.9. The van der Waals surface area contributed by atoms with Crippen LogP contribution in [-0.4, -0.2) is 46.2 Å². The first-order valence-electron chi connectivity index (χ1n) is 17.6. The van der Waals surface area contributed by atoms with Crippen molar-refractivity contribution in [2.24, 2.45) is 17.3 Å². The number of ketones is 1. The van der Waals surface area contributed by atoms with Gasteiger partial charge in [0.05, 0.1) is 28.2 Å². The number of carbonyl (C=O) groups excluding carboxylic acids is 3. The third kappa shape index (κ3) is 7.60. The maximum Gasteiger partial charge on any atom is 0.274 e. The summed E-state index contributed by atoms with van der Waals surface area (Å²) < 4.78 is 21.6. The number of nitrogens with zero attached hydrogens (tertiary/aromatic N) is 2. The smallest absolute Gasteiger partial charge is 0.274 e. The van der Waals surface area contributed by atoms with E-state index in [9.17, 15) is 18.8 Å². The van der Waals surface area contributed by atoms with Crippen molar-refractivity contribution in [3.05, 3.63) is 102 Å². The normalized spacial score (nSPS) is 26.3. The first-order valence-corrected chi connectivity index (χ1v) is 18.4. The molecule has 10 heteroatoms. The van der Waals surface area contributed by atoms with Crippen LogP contribution in [0.3, 0.4) is 0 Å². The van der Waals surface area contributed by atoms with Gasteiger partial charge in [0.2, 0.25) is 5.91 Å². The summed E-state index contributed by atoms with van der Waals surface area (Å²) in [6.07, 6.45) is 9.10. The van der Waals surface area contributed by atoms with E-state index in [2.05, 4.69) is 28.7 Å². The number of Topliss-reactive ketones (excluding diaryl/α,β-unsaturated/α-hetero) is 1. The first-order chi connectivity index (χ1) is 24.3. The molecule has 1 saturated carbocycles. The van der Waals surface area contributed by atoms with Crippen LogP contribution in [0.5, 0.6) is 10.9 Å². The standard InChI is InChI=1S/C40H42FN3O5S/c1-26-17-18-33-36(19-26)50-39(42-33)48-32-22-34-35(45)24-40(38(47)43-49-31-15-8-5-9-16-31)23-29(40)13-7-4-2-3-6-12-28(37(46)44(34)25-32)20-27-11-10-14-30(41)21-27/h5,7-11,13-19,21,28-29,32,34H,2-4,6,12,20,22-25H2,1H3,(H,43,47)/b13-7-/t28-,29-,32-,34+,40-/m1/s1. The van der Waals surface area contributed by atoms with E-state index in [-0.39, 0.29) is 42.3 Å². The second-order valence-corrected chi connectivity index (χ2v) is 15.0. The molecule has 3 heterocycles. The minimum Gasteiger partial charge on any atom is -0.465 e. The molecule has 1 N–H and O–H groups in total. The van der Waals surface area contributed by atoms with Crippen LogP contribution in [0.4, 0.5) is 4.39 Å². The van der Waals surface area contributed by atoms with E-state index in [0.717, 1.165) is 47.0 Å². The van der Waals surface area contributed by atoms with Crippen LogP contribution >= 0.6 is 11.3 Å². The maximum atomic E-state index is 14.5. The molecule has 2 fully saturated rings. The highest BCUT2D eigenvalue weighted by Crippen LogP contribution is 2.57. The number of benzene rings is 3. The van der Waals surface area contributed by atoms with Crippen molar-refractivity contribution < 1.29 is 28.3 Å². The molecule has 0 spiro atoms. The average molecular weight is 696 g/mol. The van der Waals surface area contributed by atoms with Gasteiger partial charge in [0, 0.05) is 18.8 Å². The van der Waals surface area contributed by atoms with E-state index in [1.165, 1.54) is 23.5 Å². The number of nitrogens with one attached hydrogen (secondary N) is 1. The summed E-state index contributed by atoms with van der Waals surface area (Å²) in [6.45, 7) is 2.25. The molecule has 0 radical (unpaired) electrons. The number of fused-ring (bicyclic) bond motifs is 3. The zero-order valence-corrected chi connectivity index (χ0v) is 29.0. The van der Waals surface area contributed by atoms with Gasteiger partial charge < -0.3 is 14.5 Å². The SMILES string of the molecule is Cc1ccc2nc(O[C@@H]3C[C@H]4C(=O)C[C@]5(C(=O)NOc6ccccc6)C[C@H]5/C=C\CCCCC[C@H](Cc5cccc(F)c5)C(=O)N4C3)sc2c1. The number of thiazole rings is 1. The molecule has 260 valence electrons. The Hall–Kier alpha value is -4.57. The number of ether oxygens (including phenoxy) is 1. The van der Waals surface area contributed by atoms with Gasteiger partial charge in [-0.1, -0.05) is 72.7 Å². The number of carbonyl (C=O) groups is 3. The van der Waals surface area contributed by atoms with Crippen LogP contribution in [0, 0.1) is 30.0 Å². The summed E-state index contributed by atoms with van der Waals surface area (Å²) in [6, 6.07) is 20.6. The van der Waals surface area contributed by atoms with E-state index >= 15 is 0 Å². The molecular weight excluding hydrogens is 654 g/mol. The van der Waals surface area contributed by atoms with Crippen LogP contribution in [0.2, 0.25) is 0 Å². The summed E-state index contributed by atoms with van der Waals surface area (Å²) in [7, 11) is 0. The van der Waals surface area contributed by atoms with Gasteiger partial charge in [0.15, 0.2) is 11.5 Å². The molecule has 4 aromatic rings. The largest absolute Gasteiger partial charge is 0.465 e. The lowest BCUT2D eigenvalue weighted by Gasteiger charge is -2.29. The predicted molar refractivity (Wildman–Crippen MR) is 190 cm³/mol. The van der Waals surface area contributed by atoms with Crippen molar-refractivity contribution >= 4 is 39.2 Å². The van der Waals surface area contributed by atoms with Gasteiger partial charge in [-0.3, -0.25) is 14.4 Å². The van der Waals surface area contributed by atoms with E-state index < -0.39 is 23.5 Å². The fourth-order valence-corrected chi connectivity index (χ4v) is 8.46. The van der Waals surface area contributed by atoms with Gasteiger partial charge >= 0.3 is 0 Å². The highest BCUT2D eigenvalue weighted by atomic mass is 32.1. The van der Waals surface area contributed by atoms with E-state index in [4.69, 9.17) is 9.57 Å². The molecule has 5 atom stereocenters. The summed E-state index contributed by atoms with van der Waals surface area (Å²) in [4.78, 5) is 54.7. The number of rotatable bonds is 7. The molecule has 1 aromatic heterocycles. The summed E-state index contributed by atoms with van der Waals surface area (Å²) >= 11 is 1.45. The Morgan fingerprint density at radius 1 is 1.06 bits per heavy atom. The highest BCUT2D eigenvalue weighted by molar-refractivity contribution is 7.20. The van der Waals surface area contributed by atoms with E-state index in [1.54, 1.807) is 23.1 Å². The Bertz CT molecular complexity index is 1900. The van der Waals surface area contributed by atoms with Gasteiger partial charge in [-0.2, -0.15) is 5.48 Å². The zero-order chi connectivity index (χ0) is 34.7. The highest BCUT2D eigenvalue weighted by Gasteiger charge is 2.61. The van der Waals surface area contributed by atoms with Crippen LogP contribution < -0.4 is 15.1 Å². The molecule has 2 aliphatic heterocycles. The Kier molecular flexibility index (Phi) is 9.99. The molecule has 0 bridgehead atoms. The third-order valence-electron chi connectivity index (χ3n) is 10.3. The summed E-state index contributed by atoms with van der Waals surface area (Å²) in [5, 5.41) is 0.496. The number of hydroxylamine groups is 1. The van der Waals surface area contributed by atoms with Gasteiger partial charge in [0.25, 0.3) is 11.1 Å². The van der Waals surface area contributed by atoms with Crippen LogP contribution in [-0.2, 0) is 20.8 Å². The van der Waals surface area contributed by atoms with Crippen LogP contribution in [0.25, 0.3) is 10.2 Å². The lowest BCUT2D eigenvalue weighted by Crippen LogP contribution is -2.46. The molecule has 8 nitrogen and oxygen atoms in total. The van der Waals surface area contributed by atoms with Crippen LogP contribution in [0.15, 0.2) is 84.9 Å². The molecule has 0 unspecified atom stereocenters. The topological polar surface area (TPSA) is 97.8 Å². The number of aromatic nitrogens is 1. The Morgan fingerprint density at radius 3 is 2.76 bits per heavy atom. The van der Waals surface area contributed by atoms with Crippen LogP contribution in [0.1, 0.15) is 62.5 Å². The Labute approximate surface area is 295 Å². The zero-order valence-electron chi connectivity index (χ0n) is 28.2. The van der Waals surface area contributed by atoms with Crippen molar-refractivity contribution in [2.45, 2.75) is 76.9 Å². The molecule has 2 amide bonds. The number of aryl methyl sites for hydroxylation is 1. The molecule has 1 aliphatic carbocycles. The number of halogens is 1. The number of hydrogen-bond donors (Lipinski definition) is 1. The van der Waals surface area contributed by atoms with Crippen molar-refractivity contribution in [1.82, 2.24) is 15.4 Å². The van der Waals surface area contributed by atoms with Gasteiger partial charge in [-0.25, -0.2) is 9.37 Å². The predicted octanol–water partition coefficient (Wildman–Crippen LogP) is 7.55. The molecule has 3 aromatic carbocycles. The monoisotopic (exact) mass is 695 g/mol. The van der Waals surface area contributed by atoms with Gasteiger partial charge in [-0.05, 0) is 92.5 Å². The van der Waals surface area contributed by atoms with Gasteiger partial charge in [0.1, 0.15) is 11.9 Å². The van der Waals surface area contributed by atoms with E-state index in [0.29, 0.717) is 36.6 Å². The molecule has 7 rings (SSSR count). The molecule has 50 heavy (non-hydrogen) atoms. The Balaban J connectivity index is 1.16. The van der Waals surface area contributed by atoms with Gasteiger partial charge in [-0.15, -0.1) is 0 Å². The number of para-hydroxylation sites is 1. The number of allylic oxidation sites excluding steroid dienone is 2. The van der Waals surface area contributed by atoms with E-state index in [1.807, 2.05) is 43.3 Å². The maximum absolute atomic E-state index is 14.5. The minimum atomic E-state index is -0.970. The minimum absolute atomic E-state index is 0.0257. The lowest BCUT2D eigenvalue weighted by molar-refractivity contribution is -0.143. The summed E-state index contributed by atoms with van der Waals surface area (Å²) in [5.41, 5.74) is 4.35. The van der Waals surface area contributed by atoms with Crippen molar-refractivity contribution in [2.75, 3.05) is 6.54 Å². The number of amides is 2. The average Bonchev–Trinajstić information content (AvgIpc) is 3.40. The third-order valence-corrected chi connectivity index (χ3v) is 11.2. The Morgan fingerprint density at radius 2 is 1.92 bits per heavy atom. The molecule has 3 aliphatic rings. The summed E-state index contributed by atoms with van der Waals surface area (Å²) in [5.74, 6) is -1.03. The van der Waals surface area contributed by atoms with Crippen molar-refractivity contribution in [3.63, 3.8) is 0 Å². The van der Waals surface area contributed by atoms with Crippen molar-refractivity contribution in [3.8, 4) is 10.9 Å². The fourth-order valence-electron chi connectivity index (χ4n) is 7.48. The van der Waals surface area contributed by atoms with Crippen molar-refractivity contribution in [1.29, 1.82) is 0 Å². The molecule has 1 saturated heterocycles. The fraction of sp³-hybridized carbons (Fsp3) is 0.400. The number of hydrogen-bond acceptors (Lipinski definition) is 7. The second kappa shape index (κ2) is 14.7. The quantitative estimate of drug-likeness (QED) is 0.159.